The molecule has 0 amide bonds. The number of nitrogens with zero attached hydrogens (tertiary/aromatic N) is 3. The number of hydrogen-bond acceptors (Lipinski definition) is 5. The zero-order valence-electron chi connectivity index (χ0n) is 9.02. The summed E-state index contributed by atoms with van der Waals surface area (Å²) in [6.07, 6.45) is 1.66. The molecule has 0 unspecified atom stereocenters. The molecule has 2 heterocycles. The molecule has 16 heavy (non-hydrogen) atoms. The van der Waals surface area contributed by atoms with Crippen LogP contribution in [0.15, 0.2) is 18.3 Å². The summed E-state index contributed by atoms with van der Waals surface area (Å²) in [6, 6.07) is 5.74. The number of ether oxygens (including phenoxy) is 1. The third-order valence-corrected chi connectivity index (χ3v) is 2.46. The van der Waals surface area contributed by atoms with Crippen molar-refractivity contribution in [1.29, 1.82) is 5.26 Å². The maximum absolute atomic E-state index is 8.72. The molecule has 1 fully saturated rings. The highest BCUT2D eigenvalue weighted by Gasteiger charge is 2.09. The second-order valence-corrected chi connectivity index (χ2v) is 3.60. The minimum Gasteiger partial charge on any atom is -0.379 e. The predicted octanol–water partition coefficient (Wildman–Crippen LogP) is 0.290. The van der Waals surface area contributed by atoms with Crippen molar-refractivity contribution in [2.24, 2.45) is 0 Å². The summed E-state index contributed by atoms with van der Waals surface area (Å²) in [5.74, 6) is 0. The predicted molar refractivity (Wildman–Crippen MR) is 58.2 cm³/mol. The summed E-state index contributed by atoms with van der Waals surface area (Å²) in [5.41, 5.74) is 4.83. The van der Waals surface area contributed by atoms with E-state index in [1.54, 1.807) is 12.3 Å². The Morgan fingerprint density at radius 2 is 2.31 bits per heavy atom. The molecule has 1 aliphatic rings. The second kappa shape index (κ2) is 5.56. The third kappa shape index (κ3) is 3.00. The number of hydrogen-bond donors (Lipinski definition) is 1. The van der Waals surface area contributed by atoms with Crippen LogP contribution in [0.4, 0.5) is 0 Å². The van der Waals surface area contributed by atoms with Gasteiger partial charge in [0.2, 0.25) is 0 Å². The van der Waals surface area contributed by atoms with Crippen LogP contribution in [0.3, 0.4) is 0 Å². The van der Waals surface area contributed by atoms with E-state index < -0.39 is 0 Å². The topological polar surface area (TPSA) is 61.2 Å². The molecule has 1 N–H and O–H groups in total. The first-order valence-corrected chi connectivity index (χ1v) is 5.30. The molecule has 1 saturated heterocycles. The quantitative estimate of drug-likeness (QED) is 0.790. The molecule has 1 aromatic heterocycles. The molecule has 1 aliphatic heterocycles. The van der Waals surface area contributed by atoms with Gasteiger partial charge in [-0.05, 0) is 17.7 Å². The Hall–Kier alpha value is -1.48. The van der Waals surface area contributed by atoms with Crippen LogP contribution >= 0.6 is 0 Å². The molecular weight excluding hydrogens is 204 g/mol. The first-order chi connectivity index (χ1) is 7.88. The van der Waals surface area contributed by atoms with Crippen molar-refractivity contribution >= 4 is 0 Å². The summed E-state index contributed by atoms with van der Waals surface area (Å²) in [4.78, 5) is 3.93. The fraction of sp³-hybridized carbons (Fsp3) is 0.455. The van der Waals surface area contributed by atoms with Crippen molar-refractivity contribution in [2.75, 3.05) is 26.3 Å². The number of pyridine rings is 1. The summed E-state index contributed by atoms with van der Waals surface area (Å²) in [5, 5.41) is 10.9. The first kappa shape index (κ1) is 11.0. The smallest absolute Gasteiger partial charge is 0.140 e. The van der Waals surface area contributed by atoms with Gasteiger partial charge in [0.25, 0.3) is 0 Å². The van der Waals surface area contributed by atoms with E-state index in [0.717, 1.165) is 38.4 Å². The average Bonchev–Trinajstić information content (AvgIpc) is 2.38. The number of hydrazine groups is 1. The summed E-state index contributed by atoms with van der Waals surface area (Å²) < 4.78 is 5.25. The monoisotopic (exact) mass is 218 g/mol. The van der Waals surface area contributed by atoms with Crippen molar-refractivity contribution < 1.29 is 4.74 Å². The number of nitriles is 1. The van der Waals surface area contributed by atoms with Gasteiger partial charge in [0.05, 0.1) is 13.2 Å². The molecule has 5 heteroatoms. The molecule has 1 aromatic rings. The summed E-state index contributed by atoms with van der Waals surface area (Å²) >= 11 is 0. The van der Waals surface area contributed by atoms with E-state index in [-0.39, 0.29) is 0 Å². The lowest BCUT2D eigenvalue weighted by Crippen LogP contribution is -2.45. The fourth-order valence-corrected chi connectivity index (χ4v) is 1.57. The van der Waals surface area contributed by atoms with Crippen LogP contribution in [0.5, 0.6) is 0 Å². The summed E-state index contributed by atoms with van der Waals surface area (Å²) in [7, 11) is 0. The normalized spacial score (nSPS) is 16.9. The standard InChI is InChI=1S/C11H14N4O/c12-8-11-7-10(1-2-13-11)9-14-15-3-5-16-6-4-15/h1-2,7,14H,3-6,9H2. The van der Waals surface area contributed by atoms with Gasteiger partial charge in [0.15, 0.2) is 0 Å². The van der Waals surface area contributed by atoms with Crippen molar-refractivity contribution in [1.82, 2.24) is 15.4 Å². The van der Waals surface area contributed by atoms with Crippen molar-refractivity contribution in [3.8, 4) is 6.07 Å². The van der Waals surface area contributed by atoms with E-state index in [1.165, 1.54) is 0 Å². The second-order valence-electron chi connectivity index (χ2n) is 3.60. The van der Waals surface area contributed by atoms with Crippen LogP contribution in [0.1, 0.15) is 11.3 Å². The van der Waals surface area contributed by atoms with E-state index >= 15 is 0 Å². The van der Waals surface area contributed by atoms with Crippen molar-refractivity contribution in [2.45, 2.75) is 6.54 Å². The zero-order valence-corrected chi connectivity index (χ0v) is 9.02. The average molecular weight is 218 g/mol. The molecule has 0 bridgehead atoms. The highest BCUT2D eigenvalue weighted by molar-refractivity contribution is 5.25. The highest BCUT2D eigenvalue weighted by Crippen LogP contribution is 2.01. The molecule has 0 radical (unpaired) electrons. The van der Waals surface area contributed by atoms with Gasteiger partial charge in [-0.2, -0.15) is 5.26 Å². The zero-order chi connectivity index (χ0) is 11.2. The SMILES string of the molecule is N#Cc1cc(CNN2CCOCC2)ccn1. The van der Waals surface area contributed by atoms with Crippen LogP contribution in [-0.4, -0.2) is 36.3 Å². The minimum atomic E-state index is 0.460. The lowest BCUT2D eigenvalue weighted by molar-refractivity contribution is 0.0105. The molecule has 0 atom stereocenters. The van der Waals surface area contributed by atoms with E-state index in [2.05, 4.69) is 15.4 Å². The Morgan fingerprint density at radius 1 is 1.50 bits per heavy atom. The van der Waals surface area contributed by atoms with Crippen LogP contribution < -0.4 is 5.43 Å². The van der Waals surface area contributed by atoms with Gasteiger partial charge < -0.3 is 4.74 Å². The van der Waals surface area contributed by atoms with Gasteiger partial charge in [-0.25, -0.2) is 9.99 Å². The molecule has 84 valence electrons. The maximum atomic E-state index is 8.72. The van der Waals surface area contributed by atoms with E-state index in [0.29, 0.717) is 5.69 Å². The Bertz CT molecular complexity index is 382. The molecule has 0 aromatic carbocycles. The van der Waals surface area contributed by atoms with Gasteiger partial charge in [0.1, 0.15) is 11.8 Å². The maximum Gasteiger partial charge on any atom is 0.140 e. The Labute approximate surface area is 94.6 Å². The Balaban J connectivity index is 1.86. The number of aromatic nitrogens is 1. The third-order valence-electron chi connectivity index (χ3n) is 2.46. The molecular formula is C11H14N4O. The molecule has 0 spiro atoms. The fourth-order valence-electron chi connectivity index (χ4n) is 1.57. The van der Waals surface area contributed by atoms with Crippen LogP contribution in [0, 0.1) is 11.3 Å². The molecule has 0 saturated carbocycles. The van der Waals surface area contributed by atoms with Crippen molar-refractivity contribution in [3.63, 3.8) is 0 Å². The largest absolute Gasteiger partial charge is 0.379 e. The van der Waals surface area contributed by atoms with Crippen LogP contribution in [0.2, 0.25) is 0 Å². The lowest BCUT2D eigenvalue weighted by Gasteiger charge is -2.27. The Morgan fingerprint density at radius 3 is 3.06 bits per heavy atom. The van der Waals surface area contributed by atoms with Gasteiger partial charge in [-0.1, -0.05) is 0 Å². The van der Waals surface area contributed by atoms with Gasteiger partial charge in [-0.15, -0.1) is 0 Å². The highest BCUT2D eigenvalue weighted by atomic mass is 16.5. The van der Waals surface area contributed by atoms with Crippen molar-refractivity contribution in [3.05, 3.63) is 29.6 Å². The van der Waals surface area contributed by atoms with E-state index in [1.807, 2.05) is 12.1 Å². The van der Waals surface area contributed by atoms with Crippen LogP contribution in [-0.2, 0) is 11.3 Å². The van der Waals surface area contributed by atoms with Gasteiger partial charge in [0, 0.05) is 25.8 Å². The molecule has 5 nitrogen and oxygen atoms in total. The van der Waals surface area contributed by atoms with E-state index in [9.17, 15) is 0 Å². The number of morpholine rings is 1. The summed E-state index contributed by atoms with van der Waals surface area (Å²) in [6.45, 7) is 4.06. The van der Waals surface area contributed by atoms with Crippen LogP contribution in [0.25, 0.3) is 0 Å². The van der Waals surface area contributed by atoms with Gasteiger partial charge in [-0.3, -0.25) is 5.43 Å². The molecule has 2 rings (SSSR count). The number of nitrogens with one attached hydrogen (secondary N) is 1. The lowest BCUT2D eigenvalue weighted by atomic mass is 10.2. The molecule has 0 aliphatic carbocycles. The van der Waals surface area contributed by atoms with Gasteiger partial charge >= 0.3 is 0 Å². The van der Waals surface area contributed by atoms with E-state index in [4.69, 9.17) is 10.00 Å². The Kier molecular flexibility index (Phi) is 3.83. The minimum absolute atomic E-state index is 0.460. The number of rotatable bonds is 3. The first-order valence-electron chi connectivity index (χ1n) is 5.30.